The average molecular weight is 391 g/mol. The van der Waals surface area contributed by atoms with Gasteiger partial charge in [-0.05, 0) is 65.4 Å². The molecule has 29 heavy (non-hydrogen) atoms. The fraction of sp³-hybridized carbons (Fsp3) is 0.280. The molecular formula is C25H27FN2O. The smallest absolute Gasteiger partial charge is 0.123 e. The second-order valence-electron chi connectivity index (χ2n) is 7.64. The third kappa shape index (κ3) is 4.04. The molecule has 2 unspecified atom stereocenters. The van der Waals surface area contributed by atoms with Crippen LogP contribution in [0, 0.1) is 11.7 Å². The van der Waals surface area contributed by atoms with Gasteiger partial charge in [0.05, 0.1) is 0 Å². The van der Waals surface area contributed by atoms with Crippen LogP contribution in [0.4, 0.5) is 10.1 Å². The van der Waals surface area contributed by atoms with Crippen molar-refractivity contribution >= 4 is 5.69 Å². The van der Waals surface area contributed by atoms with Crippen molar-refractivity contribution in [2.75, 3.05) is 25.5 Å². The number of fused-ring (bicyclic) bond motifs is 3. The molecule has 1 saturated heterocycles. The van der Waals surface area contributed by atoms with Gasteiger partial charge >= 0.3 is 0 Å². The number of benzene rings is 3. The van der Waals surface area contributed by atoms with Gasteiger partial charge in [0.2, 0.25) is 0 Å². The molecule has 4 heteroatoms. The summed E-state index contributed by atoms with van der Waals surface area (Å²) in [7, 11) is 1.00. The number of aliphatic hydroxyl groups excluding tert-OH is 1. The maximum atomic E-state index is 13.2. The van der Waals surface area contributed by atoms with Gasteiger partial charge in [-0.3, -0.25) is 4.90 Å². The molecule has 5 rings (SSSR count). The van der Waals surface area contributed by atoms with E-state index in [0.717, 1.165) is 26.7 Å². The van der Waals surface area contributed by atoms with E-state index in [9.17, 15) is 4.39 Å². The molecule has 0 aromatic heterocycles. The van der Waals surface area contributed by atoms with Gasteiger partial charge < -0.3 is 10.4 Å². The Balaban J connectivity index is 0.000000994. The summed E-state index contributed by atoms with van der Waals surface area (Å²) in [5.74, 6) is 0.460. The molecule has 0 radical (unpaired) electrons. The Morgan fingerprint density at radius 1 is 0.966 bits per heavy atom. The molecule has 2 N–H and O–H groups in total. The van der Waals surface area contributed by atoms with Crippen LogP contribution >= 0.6 is 0 Å². The molecule has 3 nitrogen and oxygen atoms in total. The van der Waals surface area contributed by atoms with Crippen LogP contribution < -0.4 is 5.32 Å². The maximum Gasteiger partial charge on any atom is 0.123 e. The van der Waals surface area contributed by atoms with E-state index in [0.29, 0.717) is 12.0 Å². The molecule has 3 aromatic carbocycles. The number of hydrogen-bond acceptors (Lipinski definition) is 3. The maximum absolute atomic E-state index is 13.2. The number of anilines is 1. The van der Waals surface area contributed by atoms with Crippen LogP contribution in [-0.2, 0) is 6.54 Å². The first-order valence-corrected chi connectivity index (χ1v) is 10.1. The normalized spacial score (nSPS) is 20.1. The van der Waals surface area contributed by atoms with Gasteiger partial charge in [-0.2, -0.15) is 0 Å². The van der Waals surface area contributed by atoms with Gasteiger partial charge in [0.1, 0.15) is 5.82 Å². The molecule has 0 saturated carbocycles. The molecule has 1 fully saturated rings. The van der Waals surface area contributed by atoms with Crippen LogP contribution in [0.2, 0.25) is 0 Å². The average Bonchev–Trinajstić information content (AvgIpc) is 3.20. The Morgan fingerprint density at radius 3 is 2.48 bits per heavy atom. The van der Waals surface area contributed by atoms with Crippen LogP contribution in [0.3, 0.4) is 0 Å². The molecule has 2 atom stereocenters. The van der Waals surface area contributed by atoms with Crippen molar-refractivity contribution in [3.8, 4) is 11.1 Å². The van der Waals surface area contributed by atoms with Crippen LogP contribution in [0.15, 0.2) is 72.8 Å². The largest absolute Gasteiger partial charge is 0.400 e. The van der Waals surface area contributed by atoms with Crippen molar-refractivity contribution in [2.24, 2.45) is 5.92 Å². The Morgan fingerprint density at radius 2 is 1.72 bits per heavy atom. The lowest BCUT2D eigenvalue weighted by atomic mass is 9.87. The van der Waals surface area contributed by atoms with Gasteiger partial charge in [0.15, 0.2) is 0 Å². The molecule has 2 heterocycles. The monoisotopic (exact) mass is 390 g/mol. The van der Waals surface area contributed by atoms with E-state index in [1.54, 1.807) is 12.1 Å². The summed E-state index contributed by atoms with van der Waals surface area (Å²) in [5.41, 5.74) is 6.35. The number of rotatable bonds is 3. The number of nitrogens with zero attached hydrogens (tertiary/aromatic N) is 1. The molecule has 2 aliphatic rings. The highest BCUT2D eigenvalue weighted by Crippen LogP contribution is 2.45. The fourth-order valence-corrected chi connectivity index (χ4v) is 4.61. The zero-order valence-electron chi connectivity index (χ0n) is 16.7. The zero-order chi connectivity index (χ0) is 20.2. The molecule has 2 aliphatic heterocycles. The van der Waals surface area contributed by atoms with Crippen molar-refractivity contribution in [3.05, 3.63) is 89.7 Å². The molecule has 0 amide bonds. The number of hydrogen-bond donors (Lipinski definition) is 2. The Kier molecular flexibility index (Phi) is 5.93. The minimum Gasteiger partial charge on any atom is -0.400 e. The van der Waals surface area contributed by atoms with Gasteiger partial charge in [-0.1, -0.05) is 48.5 Å². The van der Waals surface area contributed by atoms with Crippen LogP contribution in [0.5, 0.6) is 0 Å². The van der Waals surface area contributed by atoms with Gasteiger partial charge in [0.25, 0.3) is 0 Å². The second-order valence-corrected chi connectivity index (χ2v) is 7.64. The molecule has 150 valence electrons. The number of likely N-dealkylation sites (tertiary alicyclic amines) is 1. The number of nitrogens with one attached hydrogen (secondary N) is 1. The minimum absolute atomic E-state index is 0.169. The highest BCUT2D eigenvalue weighted by atomic mass is 19.1. The first-order chi connectivity index (χ1) is 14.3. The topological polar surface area (TPSA) is 35.5 Å². The number of aliphatic hydroxyl groups is 1. The summed E-state index contributed by atoms with van der Waals surface area (Å²) in [6.07, 6.45) is 1.20. The molecule has 0 spiro atoms. The van der Waals surface area contributed by atoms with E-state index in [2.05, 4.69) is 58.7 Å². The lowest BCUT2D eigenvalue weighted by Gasteiger charge is -2.35. The van der Waals surface area contributed by atoms with Gasteiger partial charge in [-0.25, -0.2) is 4.39 Å². The summed E-state index contributed by atoms with van der Waals surface area (Å²) in [6, 6.07) is 24.7. The SMILES string of the molecule is CO.Fc1ccc(CN2CCC3CNc4ccc(-c5ccccc5)cc4C32)cc1. The summed E-state index contributed by atoms with van der Waals surface area (Å²) < 4.78 is 13.2. The first-order valence-electron chi connectivity index (χ1n) is 10.1. The summed E-state index contributed by atoms with van der Waals surface area (Å²) in [6.45, 7) is 2.99. The minimum atomic E-state index is -0.169. The van der Waals surface area contributed by atoms with Crippen molar-refractivity contribution in [1.29, 1.82) is 0 Å². The van der Waals surface area contributed by atoms with E-state index in [1.165, 1.54) is 34.4 Å². The molecular weight excluding hydrogens is 363 g/mol. The van der Waals surface area contributed by atoms with E-state index in [4.69, 9.17) is 5.11 Å². The summed E-state index contributed by atoms with van der Waals surface area (Å²) in [5, 5.41) is 10.6. The van der Waals surface area contributed by atoms with Crippen molar-refractivity contribution in [1.82, 2.24) is 4.90 Å². The molecule has 0 bridgehead atoms. The van der Waals surface area contributed by atoms with Crippen molar-refractivity contribution < 1.29 is 9.50 Å². The first kappa shape index (κ1) is 19.6. The van der Waals surface area contributed by atoms with Crippen molar-refractivity contribution in [3.63, 3.8) is 0 Å². The van der Waals surface area contributed by atoms with Crippen LogP contribution in [0.1, 0.15) is 23.6 Å². The third-order valence-corrected chi connectivity index (χ3v) is 5.96. The van der Waals surface area contributed by atoms with E-state index < -0.39 is 0 Å². The standard InChI is InChI=1S/C24H23FN2.CH4O/c25-21-9-6-17(7-10-21)16-27-13-12-20-15-26-23-11-8-19(14-22(23)24(20)27)18-4-2-1-3-5-18;1-2/h1-11,14,20,24,26H,12-13,15-16H2;2H,1H3. The predicted octanol–water partition coefficient (Wildman–Crippen LogP) is 5.09. The zero-order valence-corrected chi connectivity index (χ0v) is 16.7. The second kappa shape index (κ2) is 8.76. The Hall–Kier alpha value is -2.69. The fourth-order valence-electron chi connectivity index (χ4n) is 4.61. The van der Waals surface area contributed by atoms with E-state index in [-0.39, 0.29) is 5.82 Å². The lowest BCUT2D eigenvalue weighted by Crippen LogP contribution is -2.32. The third-order valence-electron chi connectivity index (χ3n) is 5.96. The Bertz CT molecular complexity index is 943. The van der Waals surface area contributed by atoms with E-state index in [1.807, 2.05) is 12.1 Å². The Labute approximate surface area is 171 Å². The number of halogens is 1. The predicted molar refractivity (Wildman–Crippen MR) is 116 cm³/mol. The van der Waals surface area contributed by atoms with Crippen LogP contribution in [-0.4, -0.2) is 30.2 Å². The molecule has 3 aromatic rings. The lowest BCUT2D eigenvalue weighted by molar-refractivity contribution is 0.220. The summed E-state index contributed by atoms with van der Waals surface area (Å²) in [4.78, 5) is 2.56. The molecule has 0 aliphatic carbocycles. The van der Waals surface area contributed by atoms with Crippen molar-refractivity contribution in [2.45, 2.75) is 19.0 Å². The highest BCUT2D eigenvalue weighted by molar-refractivity contribution is 5.70. The quantitative estimate of drug-likeness (QED) is 0.654. The van der Waals surface area contributed by atoms with E-state index >= 15 is 0 Å². The van der Waals surface area contributed by atoms with Gasteiger partial charge in [0, 0.05) is 31.9 Å². The van der Waals surface area contributed by atoms with Gasteiger partial charge in [-0.15, -0.1) is 0 Å². The summed E-state index contributed by atoms with van der Waals surface area (Å²) >= 11 is 0. The highest BCUT2D eigenvalue weighted by Gasteiger charge is 2.38. The van der Waals surface area contributed by atoms with Crippen LogP contribution in [0.25, 0.3) is 11.1 Å².